The Labute approximate surface area is 183 Å². The van der Waals surface area contributed by atoms with Gasteiger partial charge in [0, 0.05) is 35.1 Å². The first-order valence-electron chi connectivity index (χ1n) is 8.99. The fourth-order valence-electron chi connectivity index (χ4n) is 3.17. The van der Waals surface area contributed by atoms with Crippen LogP contribution in [0.15, 0.2) is 65.3 Å². The number of halogens is 1. The second-order valence-corrected chi connectivity index (χ2v) is 7.95. The van der Waals surface area contributed by atoms with Gasteiger partial charge in [-0.3, -0.25) is 19.9 Å². The molecule has 0 fully saturated rings. The Morgan fingerprint density at radius 2 is 1.97 bits per heavy atom. The SMILES string of the molecule is O=C(Nc1ccc2oc(-c3ccncc3)nc2c1)c1sc2c([N+](=O)[O-])cccc2c1Cl. The van der Waals surface area contributed by atoms with Gasteiger partial charge in [-0.05, 0) is 30.3 Å². The van der Waals surface area contributed by atoms with Crippen molar-refractivity contribution in [3.63, 3.8) is 0 Å². The number of anilines is 1. The number of nitrogens with zero attached hydrogens (tertiary/aromatic N) is 3. The predicted molar refractivity (Wildman–Crippen MR) is 119 cm³/mol. The van der Waals surface area contributed by atoms with Crippen LogP contribution in [0.1, 0.15) is 9.67 Å². The summed E-state index contributed by atoms with van der Waals surface area (Å²) in [6.07, 6.45) is 3.30. The van der Waals surface area contributed by atoms with Gasteiger partial charge in [0.25, 0.3) is 11.6 Å². The summed E-state index contributed by atoms with van der Waals surface area (Å²) in [4.78, 5) is 32.3. The van der Waals surface area contributed by atoms with Crippen LogP contribution in [0.3, 0.4) is 0 Å². The van der Waals surface area contributed by atoms with Crippen LogP contribution in [0.2, 0.25) is 5.02 Å². The number of aromatic nitrogens is 2. The number of carbonyl (C=O) groups is 1. The molecule has 2 aromatic carbocycles. The van der Waals surface area contributed by atoms with Crippen molar-refractivity contribution < 1.29 is 14.1 Å². The lowest BCUT2D eigenvalue weighted by atomic mass is 10.2. The molecule has 1 N–H and O–H groups in total. The van der Waals surface area contributed by atoms with E-state index in [0.717, 1.165) is 16.9 Å². The molecule has 0 saturated heterocycles. The Morgan fingerprint density at radius 1 is 1.16 bits per heavy atom. The van der Waals surface area contributed by atoms with Crippen molar-refractivity contribution >= 4 is 61.4 Å². The number of hydrogen-bond acceptors (Lipinski definition) is 7. The summed E-state index contributed by atoms with van der Waals surface area (Å²) >= 11 is 7.34. The van der Waals surface area contributed by atoms with Gasteiger partial charge in [0.15, 0.2) is 5.58 Å². The molecular formula is C21H11ClN4O4S. The first-order valence-corrected chi connectivity index (χ1v) is 10.2. The van der Waals surface area contributed by atoms with Gasteiger partial charge in [0.2, 0.25) is 5.89 Å². The number of thiophene rings is 1. The van der Waals surface area contributed by atoms with E-state index < -0.39 is 10.8 Å². The van der Waals surface area contributed by atoms with E-state index in [-0.39, 0.29) is 15.6 Å². The molecule has 5 aromatic rings. The molecule has 8 nitrogen and oxygen atoms in total. The summed E-state index contributed by atoms with van der Waals surface area (Å²) in [7, 11) is 0. The van der Waals surface area contributed by atoms with Gasteiger partial charge in [0.05, 0.1) is 9.95 Å². The molecule has 0 radical (unpaired) electrons. The highest BCUT2D eigenvalue weighted by Crippen LogP contribution is 2.40. The van der Waals surface area contributed by atoms with Crippen LogP contribution in [0.5, 0.6) is 0 Å². The average Bonchev–Trinajstić information content (AvgIpc) is 3.35. The van der Waals surface area contributed by atoms with Crippen LogP contribution in [0.4, 0.5) is 11.4 Å². The Kier molecular flexibility index (Phi) is 4.61. The lowest BCUT2D eigenvalue weighted by Crippen LogP contribution is -2.10. The van der Waals surface area contributed by atoms with E-state index in [0.29, 0.717) is 32.8 Å². The number of nitrogens with one attached hydrogen (secondary N) is 1. The standard InChI is InChI=1S/C21H11ClN4O4S/c22-17-13-2-1-3-15(26(28)29)18(13)31-19(17)20(27)24-12-4-5-16-14(10-12)25-21(30-16)11-6-8-23-9-7-11/h1-10H,(H,24,27). The van der Waals surface area contributed by atoms with Crippen molar-refractivity contribution in [2.24, 2.45) is 0 Å². The lowest BCUT2D eigenvalue weighted by Gasteiger charge is -2.03. The third-order valence-electron chi connectivity index (χ3n) is 4.61. The molecule has 0 spiro atoms. The number of pyridine rings is 1. The van der Waals surface area contributed by atoms with E-state index in [1.165, 1.54) is 6.07 Å². The molecule has 0 saturated carbocycles. The van der Waals surface area contributed by atoms with Gasteiger partial charge in [-0.1, -0.05) is 23.7 Å². The number of oxazole rings is 1. The first-order chi connectivity index (χ1) is 15.0. The Balaban J connectivity index is 1.47. The highest BCUT2D eigenvalue weighted by Gasteiger charge is 2.23. The Hall–Kier alpha value is -3.82. The minimum Gasteiger partial charge on any atom is -0.436 e. The molecular weight excluding hydrogens is 440 g/mol. The number of fused-ring (bicyclic) bond motifs is 2. The number of hydrogen-bond donors (Lipinski definition) is 1. The molecule has 1 amide bonds. The maximum Gasteiger partial charge on any atom is 0.287 e. The molecule has 0 atom stereocenters. The van der Waals surface area contributed by atoms with E-state index in [1.54, 1.807) is 54.9 Å². The lowest BCUT2D eigenvalue weighted by molar-refractivity contribution is -0.382. The number of rotatable bonds is 4. The van der Waals surface area contributed by atoms with E-state index in [4.69, 9.17) is 16.0 Å². The Bertz CT molecular complexity index is 1480. The summed E-state index contributed by atoms with van der Waals surface area (Å²) in [6, 6.07) is 13.2. The number of nitro groups is 1. The van der Waals surface area contributed by atoms with Crippen LogP contribution in [0.25, 0.3) is 32.6 Å². The summed E-state index contributed by atoms with van der Waals surface area (Å²) < 4.78 is 6.12. The third kappa shape index (κ3) is 3.39. The van der Waals surface area contributed by atoms with Crippen LogP contribution in [-0.2, 0) is 0 Å². The molecule has 31 heavy (non-hydrogen) atoms. The average molecular weight is 451 g/mol. The van der Waals surface area contributed by atoms with Crippen LogP contribution in [0, 0.1) is 10.1 Å². The number of benzene rings is 2. The summed E-state index contributed by atoms with van der Waals surface area (Å²) in [6.45, 7) is 0. The molecule has 0 unspecified atom stereocenters. The van der Waals surface area contributed by atoms with Gasteiger partial charge in [-0.25, -0.2) is 4.98 Å². The number of non-ortho nitro benzene ring substituents is 1. The van der Waals surface area contributed by atoms with Crippen LogP contribution < -0.4 is 5.32 Å². The van der Waals surface area contributed by atoms with Gasteiger partial charge in [-0.15, -0.1) is 11.3 Å². The Morgan fingerprint density at radius 3 is 2.74 bits per heavy atom. The zero-order valence-electron chi connectivity index (χ0n) is 15.5. The van der Waals surface area contributed by atoms with Gasteiger partial charge >= 0.3 is 0 Å². The van der Waals surface area contributed by atoms with Gasteiger partial charge < -0.3 is 9.73 Å². The molecule has 0 bridgehead atoms. The van der Waals surface area contributed by atoms with Crippen LogP contribution >= 0.6 is 22.9 Å². The normalized spacial score (nSPS) is 11.1. The minimum absolute atomic E-state index is 0.0869. The van der Waals surface area contributed by atoms with Gasteiger partial charge in [-0.2, -0.15) is 0 Å². The molecule has 3 heterocycles. The largest absolute Gasteiger partial charge is 0.436 e. The number of carbonyl (C=O) groups excluding carboxylic acids is 1. The third-order valence-corrected chi connectivity index (χ3v) is 6.34. The molecule has 3 aromatic heterocycles. The number of nitro benzene ring substituents is 1. The summed E-state index contributed by atoms with van der Waals surface area (Å²) in [5.74, 6) is -0.0153. The summed E-state index contributed by atoms with van der Waals surface area (Å²) in [5, 5.41) is 14.7. The van der Waals surface area contributed by atoms with Crippen LogP contribution in [-0.4, -0.2) is 20.8 Å². The topological polar surface area (TPSA) is 111 Å². The number of amides is 1. The molecule has 10 heteroatoms. The maximum atomic E-state index is 12.8. The van der Waals surface area contributed by atoms with Crippen molar-refractivity contribution in [2.45, 2.75) is 0 Å². The molecule has 0 aliphatic carbocycles. The van der Waals surface area contributed by atoms with E-state index in [9.17, 15) is 14.9 Å². The van der Waals surface area contributed by atoms with Gasteiger partial charge in [0.1, 0.15) is 15.1 Å². The molecule has 0 aliphatic rings. The highest BCUT2D eigenvalue weighted by atomic mass is 35.5. The second kappa shape index (κ2) is 7.46. The van der Waals surface area contributed by atoms with Crippen molar-refractivity contribution in [3.8, 4) is 11.5 Å². The minimum atomic E-state index is -0.490. The highest BCUT2D eigenvalue weighted by molar-refractivity contribution is 7.22. The van der Waals surface area contributed by atoms with Crippen molar-refractivity contribution in [1.29, 1.82) is 0 Å². The first kappa shape index (κ1) is 19.2. The van der Waals surface area contributed by atoms with E-state index >= 15 is 0 Å². The molecule has 0 aliphatic heterocycles. The molecule has 5 rings (SSSR count). The monoisotopic (exact) mass is 450 g/mol. The van der Waals surface area contributed by atoms with Crippen molar-refractivity contribution in [1.82, 2.24) is 9.97 Å². The van der Waals surface area contributed by atoms with Crippen molar-refractivity contribution in [3.05, 3.63) is 80.9 Å². The predicted octanol–water partition coefficient (Wildman–Crippen LogP) is 5.92. The quantitative estimate of drug-likeness (QED) is 0.269. The summed E-state index contributed by atoms with van der Waals surface area (Å²) in [5.41, 5.74) is 2.34. The van der Waals surface area contributed by atoms with Crippen molar-refractivity contribution in [2.75, 3.05) is 5.32 Å². The zero-order valence-corrected chi connectivity index (χ0v) is 17.1. The maximum absolute atomic E-state index is 12.8. The molecule has 152 valence electrons. The van der Waals surface area contributed by atoms with E-state index in [1.807, 2.05) is 0 Å². The zero-order chi connectivity index (χ0) is 21.5. The second-order valence-electron chi connectivity index (χ2n) is 6.55. The fraction of sp³-hybridized carbons (Fsp3) is 0. The van der Waals surface area contributed by atoms with E-state index in [2.05, 4.69) is 15.3 Å². The fourth-order valence-corrected chi connectivity index (χ4v) is 4.66. The smallest absolute Gasteiger partial charge is 0.287 e.